The number of piperidine rings is 2. The molecule has 4 aliphatic heterocycles. The molecule has 1 unspecified atom stereocenters. The Morgan fingerprint density at radius 3 is 2.43 bits per heavy atom. The summed E-state index contributed by atoms with van der Waals surface area (Å²) in [5.74, 6) is -5.23. The van der Waals surface area contributed by atoms with Crippen molar-refractivity contribution in [1.82, 2.24) is 19.4 Å². The molecule has 19 nitrogen and oxygen atoms in total. The molecule has 0 saturated carbocycles. The second-order valence-electron chi connectivity index (χ2n) is 17.8. The highest BCUT2D eigenvalue weighted by Gasteiger charge is 2.42. The minimum atomic E-state index is -3.83. The maximum Gasteiger partial charge on any atom is 0.349 e. The van der Waals surface area contributed by atoms with Gasteiger partial charge in [0.05, 0.1) is 23.1 Å². The molecular weight excluding hydrogens is 942 g/mol. The van der Waals surface area contributed by atoms with Gasteiger partial charge in [0.15, 0.2) is 17.2 Å². The number of benzene rings is 3. The molecule has 0 aliphatic carbocycles. The van der Waals surface area contributed by atoms with Crippen LogP contribution < -0.4 is 26.0 Å². The minimum absolute atomic E-state index is 0.0120. The van der Waals surface area contributed by atoms with Gasteiger partial charge in [0.2, 0.25) is 33.7 Å². The Bertz CT molecular complexity index is 2850. The van der Waals surface area contributed by atoms with Crippen LogP contribution in [0, 0.1) is 5.92 Å². The van der Waals surface area contributed by atoms with E-state index < -0.39 is 52.0 Å². The molecule has 0 radical (unpaired) electrons. The Kier molecular flexibility index (Phi) is 13.5. The number of sulfonamides is 1. The lowest BCUT2D eigenvalue weighted by molar-refractivity contribution is -0.140. The number of hydrogen-bond donors (Lipinski definition) is 6. The van der Waals surface area contributed by atoms with E-state index in [-0.39, 0.29) is 96.6 Å². The Morgan fingerprint density at radius 2 is 1.71 bits per heavy atom. The average molecular weight is 991 g/mol. The van der Waals surface area contributed by atoms with Crippen LogP contribution in [-0.2, 0) is 46.3 Å². The van der Waals surface area contributed by atoms with E-state index in [4.69, 9.17) is 21.4 Å². The van der Waals surface area contributed by atoms with Crippen LogP contribution in [0.1, 0.15) is 70.7 Å². The number of amides is 5. The van der Waals surface area contributed by atoms with E-state index in [2.05, 4.69) is 21.3 Å². The maximum atomic E-state index is 14.0. The van der Waals surface area contributed by atoms with Crippen molar-refractivity contribution in [2.45, 2.75) is 69.5 Å². The first-order valence-electron chi connectivity index (χ1n) is 21.7. The van der Waals surface area contributed by atoms with E-state index in [1.54, 1.807) is 65.6 Å². The number of carboxylic acids is 2. The molecule has 8 rings (SSSR count). The van der Waals surface area contributed by atoms with Crippen LogP contribution in [0.3, 0.4) is 0 Å². The molecule has 0 bridgehead atoms. The van der Waals surface area contributed by atoms with Gasteiger partial charge in [0.25, 0.3) is 5.91 Å². The summed E-state index contributed by atoms with van der Waals surface area (Å²) < 4.78 is 34.7. The zero-order chi connectivity index (χ0) is 48.7. The predicted octanol–water partition coefficient (Wildman–Crippen LogP) is 4.69. The van der Waals surface area contributed by atoms with Gasteiger partial charge in [-0.3, -0.25) is 29.3 Å². The molecular formula is C46H48ClN7O12S2. The lowest BCUT2D eigenvalue weighted by atomic mass is 9.89. The fourth-order valence-electron chi connectivity index (χ4n) is 9.09. The first-order valence-corrected chi connectivity index (χ1v) is 24.5. The van der Waals surface area contributed by atoms with Crippen LogP contribution in [0.2, 0.25) is 5.02 Å². The van der Waals surface area contributed by atoms with Gasteiger partial charge in [-0.1, -0.05) is 35.9 Å². The van der Waals surface area contributed by atoms with Crippen molar-refractivity contribution in [2.75, 3.05) is 48.7 Å². The zero-order valence-corrected chi connectivity index (χ0v) is 39.3. The van der Waals surface area contributed by atoms with Crippen LogP contribution in [0.25, 0.3) is 10.4 Å². The minimum Gasteiger partial charge on any atom is -0.479 e. The van der Waals surface area contributed by atoms with Gasteiger partial charge < -0.3 is 40.7 Å². The third kappa shape index (κ3) is 10.3. The number of aliphatic carboxylic acids is 1. The number of carbonyl (C=O) groups excluding carboxylic acids is 5. The average Bonchev–Trinajstić information content (AvgIpc) is 3.76. The van der Waals surface area contributed by atoms with E-state index in [1.165, 1.54) is 9.21 Å². The number of carbonyl (C=O) groups is 7. The van der Waals surface area contributed by atoms with Crippen molar-refractivity contribution in [1.29, 1.82) is 0 Å². The SMILES string of the molecule is CC1(C)C[C@@H](Nc2cccc(-c3sc(C(=O)O)c(OCC(=O)O)c3Cl)c2)CCN1S(=O)(=O)Cc1cccc(NC(=O)C2CN(C(=O)CNc3ccc4c(c3)CN(C3CCC(=O)NC3=O)C4=O)C2)c1. The summed E-state index contributed by atoms with van der Waals surface area (Å²) in [4.78, 5) is 89.4. The van der Waals surface area contributed by atoms with E-state index in [1.807, 2.05) is 19.9 Å². The number of nitrogens with one attached hydrogen (secondary N) is 4. The van der Waals surface area contributed by atoms with Crippen molar-refractivity contribution < 1.29 is 56.9 Å². The van der Waals surface area contributed by atoms with Crippen molar-refractivity contribution in [3.8, 4) is 16.2 Å². The lowest BCUT2D eigenvalue weighted by Crippen LogP contribution is -2.55. The number of rotatable bonds is 16. The second kappa shape index (κ2) is 19.2. The Morgan fingerprint density at radius 1 is 0.956 bits per heavy atom. The number of fused-ring (bicyclic) bond motifs is 1. The first kappa shape index (κ1) is 47.9. The van der Waals surface area contributed by atoms with Gasteiger partial charge in [-0.2, -0.15) is 4.31 Å². The number of nitrogens with zero attached hydrogens (tertiary/aromatic N) is 3. The second-order valence-corrected chi connectivity index (χ2v) is 21.0. The number of likely N-dealkylation sites (tertiary alicyclic amines) is 1. The van der Waals surface area contributed by atoms with Crippen LogP contribution >= 0.6 is 22.9 Å². The van der Waals surface area contributed by atoms with E-state index in [0.717, 1.165) is 11.3 Å². The number of thiophene rings is 1. The highest BCUT2D eigenvalue weighted by atomic mass is 35.5. The normalized spacial score (nSPS) is 19.4. The number of ether oxygens (including phenoxy) is 1. The summed E-state index contributed by atoms with van der Waals surface area (Å²) in [6.07, 6.45) is 1.36. The van der Waals surface area contributed by atoms with Crippen molar-refractivity contribution in [3.63, 3.8) is 0 Å². The quantitative estimate of drug-likeness (QED) is 0.0834. The Hall–Kier alpha value is -6.55. The van der Waals surface area contributed by atoms with E-state index >= 15 is 0 Å². The standard InChI is InChI=1S/C46H48ClN7O12S2/c1-46(2)18-32(49-31-8-4-6-26(16-31)40-38(47)39(66-23-37(57)58)41(67-40)45(62)63)13-14-54(46)68(64,65)24-25-5-3-7-30(15-25)50-42(59)28-20-52(21-28)36(56)19-48-29-9-10-33-27(17-29)22-53(44(33)61)34-11-12-35(55)51-43(34)60/h3-10,15-17,28,32,34,48-49H,11-14,18-24H2,1-2H3,(H,50,59)(H,57,58)(H,62,63)(H,51,55,60)/t32-,34?/m0/s1. The van der Waals surface area contributed by atoms with Crippen LogP contribution in [0.15, 0.2) is 66.7 Å². The van der Waals surface area contributed by atoms with E-state index in [9.17, 15) is 47.1 Å². The molecule has 3 saturated heterocycles. The summed E-state index contributed by atoms with van der Waals surface area (Å²) in [6, 6.07) is 18.0. The molecule has 5 amide bonds. The fourth-order valence-corrected chi connectivity index (χ4v) is 12.5. The summed E-state index contributed by atoms with van der Waals surface area (Å²) in [5.41, 5.74) is 3.18. The number of hydrogen-bond acceptors (Lipinski definition) is 13. The van der Waals surface area contributed by atoms with Crippen LogP contribution in [0.5, 0.6) is 5.75 Å². The Balaban J connectivity index is 0.804. The Labute approximate surface area is 399 Å². The highest BCUT2D eigenvalue weighted by Crippen LogP contribution is 2.46. The summed E-state index contributed by atoms with van der Waals surface area (Å²) >= 11 is 7.38. The monoisotopic (exact) mass is 989 g/mol. The van der Waals surface area contributed by atoms with Gasteiger partial charge in [0, 0.05) is 66.8 Å². The van der Waals surface area contributed by atoms with Gasteiger partial charge >= 0.3 is 11.9 Å². The molecule has 3 aromatic carbocycles. The lowest BCUT2D eigenvalue weighted by Gasteiger charge is -2.45. The van der Waals surface area contributed by atoms with Gasteiger partial charge in [-0.25, -0.2) is 18.0 Å². The van der Waals surface area contributed by atoms with Gasteiger partial charge in [-0.05, 0) is 92.3 Å². The molecule has 1 aromatic heterocycles. The molecule has 0 spiro atoms. The molecule has 5 heterocycles. The van der Waals surface area contributed by atoms with Crippen molar-refractivity contribution >= 4 is 91.5 Å². The maximum absolute atomic E-state index is 14.0. The molecule has 2 atom stereocenters. The summed E-state index contributed by atoms with van der Waals surface area (Å²) in [6.45, 7) is 3.76. The number of halogens is 1. The molecule has 4 aromatic rings. The van der Waals surface area contributed by atoms with Crippen LogP contribution in [0.4, 0.5) is 17.1 Å². The molecule has 6 N–H and O–H groups in total. The predicted molar refractivity (Wildman–Crippen MR) is 251 cm³/mol. The topological polar surface area (TPSA) is 261 Å². The summed E-state index contributed by atoms with van der Waals surface area (Å²) in [7, 11) is -3.83. The van der Waals surface area contributed by atoms with Crippen molar-refractivity contribution in [3.05, 3.63) is 93.3 Å². The zero-order valence-electron chi connectivity index (χ0n) is 36.9. The molecule has 4 aliphatic rings. The van der Waals surface area contributed by atoms with Gasteiger partial charge in [0.1, 0.15) is 11.1 Å². The highest BCUT2D eigenvalue weighted by molar-refractivity contribution is 7.88. The van der Waals surface area contributed by atoms with E-state index in [0.29, 0.717) is 57.0 Å². The molecule has 358 valence electrons. The number of anilines is 3. The van der Waals surface area contributed by atoms with Gasteiger partial charge in [-0.15, -0.1) is 11.3 Å². The van der Waals surface area contributed by atoms with Crippen molar-refractivity contribution in [2.24, 2.45) is 5.92 Å². The molecule has 3 fully saturated rings. The molecule has 68 heavy (non-hydrogen) atoms. The third-order valence-corrected chi connectivity index (χ3v) is 16.1. The summed E-state index contributed by atoms with van der Waals surface area (Å²) in [5, 5.41) is 30.4. The number of carboxylic acid groups (broad SMARTS) is 2. The fraction of sp³-hybridized carbons (Fsp3) is 0.370. The number of imide groups is 1. The number of aromatic carboxylic acids is 1. The molecule has 22 heteroatoms. The largest absolute Gasteiger partial charge is 0.479 e. The smallest absolute Gasteiger partial charge is 0.349 e. The first-order chi connectivity index (χ1) is 32.3. The van der Waals surface area contributed by atoms with Crippen LogP contribution in [-0.4, -0.2) is 125 Å². The third-order valence-electron chi connectivity index (χ3n) is 12.4.